The van der Waals surface area contributed by atoms with E-state index in [9.17, 15) is 0 Å². The molecular formula is C23H40N8. The van der Waals surface area contributed by atoms with Gasteiger partial charge in [-0.1, -0.05) is 13.8 Å². The van der Waals surface area contributed by atoms with E-state index in [1.165, 1.54) is 38.5 Å². The summed E-state index contributed by atoms with van der Waals surface area (Å²) >= 11 is 0. The predicted octanol–water partition coefficient (Wildman–Crippen LogP) is 3.95. The van der Waals surface area contributed by atoms with Crippen LogP contribution in [0.4, 0.5) is 23.5 Å². The Kier molecular flexibility index (Phi) is 8.09. The van der Waals surface area contributed by atoms with Crippen molar-refractivity contribution in [2.75, 3.05) is 73.5 Å². The van der Waals surface area contributed by atoms with Gasteiger partial charge < -0.3 is 19.6 Å². The lowest BCUT2D eigenvalue weighted by Gasteiger charge is -2.32. The van der Waals surface area contributed by atoms with Crippen LogP contribution in [-0.4, -0.2) is 73.8 Å². The molecule has 2 fully saturated rings. The van der Waals surface area contributed by atoms with Gasteiger partial charge >= 0.3 is 0 Å². The van der Waals surface area contributed by atoms with Crippen LogP contribution in [0.15, 0.2) is 0 Å². The van der Waals surface area contributed by atoms with Crippen LogP contribution in [-0.2, 0) is 0 Å². The van der Waals surface area contributed by atoms with Crippen molar-refractivity contribution >= 4 is 34.6 Å². The molecule has 0 aromatic carbocycles. The predicted molar refractivity (Wildman–Crippen MR) is 132 cm³/mol. The molecule has 2 aromatic rings. The van der Waals surface area contributed by atoms with Gasteiger partial charge in [0.05, 0.1) is 0 Å². The number of rotatable bonds is 5. The van der Waals surface area contributed by atoms with Crippen LogP contribution in [0.5, 0.6) is 0 Å². The quantitative estimate of drug-likeness (QED) is 0.709. The van der Waals surface area contributed by atoms with Gasteiger partial charge in [-0.05, 0) is 45.4 Å². The van der Waals surface area contributed by atoms with Crippen molar-refractivity contribution in [3.63, 3.8) is 0 Å². The number of hydrogen-bond donors (Lipinski definition) is 0. The molecule has 2 saturated heterocycles. The Labute approximate surface area is 187 Å². The molecule has 2 aliphatic rings. The van der Waals surface area contributed by atoms with Crippen LogP contribution in [0.2, 0.25) is 0 Å². The van der Waals surface area contributed by atoms with E-state index in [0.717, 1.165) is 67.3 Å². The Bertz CT molecular complexity index is 841. The molecule has 4 heterocycles. The van der Waals surface area contributed by atoms with Crippen molar-refractivity contribution in [3.05, 3.63) is 0 Å². The topological polar surface area (TPSA) is 64.5 Å². The Hall–Kier alpha value is -2.38. The van der Waals surface area contributed by atoms with Crippen molar-refractivity contribution in [1.82, 2.24) is 19.9 Å². The molecule has 0 unspecified atom stereocenters. The molecular weight excluding hydrogens is 388 g/mol. The van der Waals surface area contributed by atoms with Gasteiger partial charge in [0.1, 0.15) is 11.0 Å². The van der Waals surface area contributed by atoms with Crippen molar-refractivity contribution in [2.45, 2.75) is 59.3 Å². The van der Waals surface area contributed by atoms with E-state index in [1.54, 1.807) is 0 Å². The van der Waals surface area contributed by atoms with E-state index in [2.05, 4.69) is 28.7 Å². The standard InChI is InChI=1S/C21H34N8.C2H6/c1-5-27(4)21-23-17-16(19(25-21)29-14-10-7-11-15-29)22-20(26(2)3)24-18(17)28-12-8-6-9-13-28;1-2/h5-15H2,1-4H3;1-2H3. The lowest BCUT2D eigenvalue weighted by Crippen LogP contribution is -2.33. The molecule has 31 heavy (non-hydrogen) atoms. The van der Waals surface area contributed by atoms with E-state index in [1.807, 2.05) is 32.8 Å². The summed E-state index contributed by atoms with van der Waals surface area (Å²) in [7, 11) is 6.06. The third-order valence-electron chi connectivity index (χ3n) is 6.01. The highest BCUT2D eigenvalue weighted by molar-refractivity contribution is 5.95. The minimum absolute atomic E-state index is 0.733. The van der Waals surface area contributed by atoms with E-state index in [0.29, 0.717) is 0 Å². The third kappa shape index (κ3) is 5.10. The van der Waals surface area contributed by atoms with Gasteiger partial charge in [-0.3, -0.25) is 0 Å². The molecule has 4 rings (SSSR count). The zero-order valence-corrected chi connectivity index (χ0v) is 20.4. The van der Waals surface area contributed by atoms with Crippen molar-refractivity contribution < 1.29 is 0 Å². The molecule has 0 atom stereocenters. The van der Waals surface area contributed by atoms with Crippen LogP contribution >= 0.6 is 0 Å². The third-order valence-corrected chi connectivity index (χ3v) is 6.01. The smallest absolute Gasteiger partial charge is 0.227 e. The SMILES string of the molecule is CC.CCN(C)c1nc(N2CCCCC2)c2nc(N(C)C)nc(N3CCCCC3)c2n1. The molecule has 0 aliphatic carbocycles. The molecule has 2 aliphatic heterocycles. The molecule has 0 amide bonds. The van der Waals surface area contributed by atoms with Crippen molar-refractivity contribution in [2.24, 2.45) is 0 Å². The molecule has 0 saturated carbocycles. The number of piperidine rings is 2. The fourth-order valence-corrected chi connectivity index (χ4v) is 4.13. The molecule has 0 bridgehead atoms. The maximum atomic E-state index is 5.00. The molecule has 2 aromatic heterocycles. The summed E-state index contributed by atoms with van der Waals surface area (Å²) in [5.74, 6) is 3.43. The Morgan fingerprint density at radius 1 is 0.645 bits per heavy atom. The summed E-state index contributed by atoms with van der Waals surface area (Å²) < 4.78 is 0. The minimum atomic E-state index is 0.733. The molecule has 172 valence electrons. The Morgan fingerprint density at radius 3 is 1.48 bits per heavy atom. The van der Waals surface area contributed by atoms with Gasteiger partial charge in [-0.15, -0.1) is 0 Å². The summed E-state index contributed by atoms with van der Waals surface area (Å²) in [4.78, 5) is 28.7. The first-order valence-corrected chi connectivity index (χ1v) is 12.1. The summed E-state index contributed by atoms with van der Waals surface area (Å²) in [6, 6.07) is 0. The lowest BCUT2D eigenvalue weighted by molar-refractivity contribution is 0.572. The van der Waals surface area contributed by atoms with E-state index in [-0.39, 0.29) is 0 Å². The monoisotopic (exact) mass is 428 g/mol. The molecule has 0 N–H and O–H groups in total. The highest BCUT2D eigenvalue weighted by Gasteiger charge is 2.25. The van der Waals surface area contributed by atoms with Crippen LogP contribution in [0.3, 0.4) is 0 Å². The fourth-order valence-electron chi connectivity index (χ4n) is 4.13. The van der Waals surface area contributed by atoms with E-state index in [4.69, 9.17) is 19.9 Å². The maximum Gasteiger partial charge on any atom is 0.227 e. The Morgan fingerprint density at radius 2 is 1.06 bits per heavy atom. The normalized spacial score (nSPS) is 16.7. The first kappa shape index (κ1) is 23.3. The van der Waals surface area contributed by atoms with Crippen LogP contribution in [0.25, 0.3) is 11.0 Å². The summed E-state index contributed by atoms with van der Waals surface area (Å²) in [6.45, 7) is 11.1. The highest BCUT2D eigenvalue weighted by Crippen LogP contribution is 2.34. The molecule has 8 nitrogen and oxygen atoms in total. The van der Waals surface area contributed by atoms with Gasteiger partial charge in [0.2, 0.25) is 11.9 Å². The highest BCUT2D eigenvalue weighted by atomic mass is 15.3. The second-order valence-corrected chi connectivity index (χ2v) is 8.40. The molecule has 0 spiro atoms. The number of anilines is 4. The van der Waals surface area contributed by atoms with Crippen LogP contribution < -0.4 is 19.6 Å². The summed E-state index contributed by atoms with van der Waals surface area (Å²) in [6.07, 6.45) is 7.39. The van der Waals surface area contributed by atoms with E-state index < -0.39 is 0 Å². The number of hydrogen-bond acceptors (Lipinski definition) is 8. The van der Waals surface area contributed by atoms with Crippen molar-refractivity contribution in [3.8, 4) is 0 Å². The average Bonchev–Trinajstić information content (AvgIpc) is 2.84. The zero-order chi connectivity index (χ0) is 22.4. The van der Waals surface area contributed by atoms with Gasteiger partial charge in [0, 0.05) is 53.9 Å². The number of fused-ring (bicyclic) bond motifs is 1. The lowest BCUT2D eigenvalue weighted by atomic mass is 10.1. The van der Waals surface area contributed by atoms with Crippen LogP contribution in [0, 0.1) is 0 Å². The van der Waals surface area contributed by atoms with Gasteiger partial charge in [0.15, 0.2) is 11.6 Å². The summed E-state index contributed by atoms with van der Waals surface area (Å²) in [5, 5.41) is 0. The maximum absolute atomic E-state index is 5.00. The fraction of sp³-hybridized carbons (Fsp3) is 0.739. The second kappa shape index (κ2) is 10.8. The molecule has 8 heteroatoms. The van der Waals surface area contributed by atoms with Gasteiger partial charge in [-0.25, -0.2) is 9.97 Å². The summed E-state index contributed by atoms with van der Waals surface area (Å²) in [5.41, 5.74) is 1.78. The van der Waals surface area contributed by atoms with Crippen molar-refractivity contribution in [1.29, 1.82) is 0 Å². The molecule has 0 radical (unpaired) electrons. The zero-order valence-electron chi connectivity index (χ0n) is 20.4. The Balaban J connectivity index is 0.00000132. The minimum Gasteiger partial charge on any atom is -0.355 e. The first-order valence-electron chi connectivity index (χ1n) is 12.1. The van der Waals surface area contributed by atoms with Gasteiger partial charge in [-0.2, -0.15) is 9.97 Å². The van der Waals surface area contributed by atoms with Gasteiger partial charge in [0.25, 0.3) is 0 Å². The number of aromatic nitrogens is 4. The first-order chi connectivity index (χ1) is 15.1. The van der Waals surface area contributed by atoms with Crippen LogP contribution in [0.1, 0.15) is 59.3 Å². The number of nitrogens with zero attached hydrogens (tertiary/aromatic N) is 8. The van der Waals surface area contributed by atoms with E-state index >= 15 is 0 Å². The largest absolute Gasteiger partial charge is 0.355 e. The average molecular weight is 429 g/mol. The second-order valence-electron chi connectivity index (χ2n) is 8.40.